The Bertz CT molecular complexity index is 224. The molecule has 1 N–H and O–H groups in total. The van der Waals surface area contributed by atoms with Crippen molar-refractivity contribution in [2.45, 2.75) is 25.1 Å². The largest absolute Gasteiger partial charge is 0.373 e. The zero-order chi connectivity index (χ0) is 12.9. The van der Waals surface area contributed by atoms with Gasteiger partial charge in [-0.05, 0) is 14.1 Å². The number of hydrogen-bond acceptors (Lipinski definition) is 4. The molecule has 0 spiro atoms. The first kappa shape index (κ1) is 14.8. The highest BCUT2D eigenvalue weighted by Gasteiger charge is 2.35. The van der Waals surface area contributed by atoms with Crippen molar-refractivity contribution in [3.8, 4) is 0 Å². The van der Waals surface area contributed by atoms with E-state index in [-0.39, 0.29) is 19.3 Å². The SMILES string of the molecule is CNCC(OCC1CN(C)CCO1)C(C)(F)F. The number of likely N-dealkylation sites (N-methyl/N-ethyl adjacent to an activating group) is 2. The van der Waals surface area contributed by atoms with Crippen LogP contribution in [0.25, 0.3) is 0 Å². The van der Waals surface area contributed by atoms with Crippen LogP contribution >= 0.6 is 0 Å². The van der Waals surface area contributed by atoms with Gasteiger partial charge in [0.1, 0.15) is 6.10 Å². The maximum absolute atomic E-state index is 13.2. The Balaban J connectivity index is 2.35. The summed E-state index contributed by atoms with van der Waals surface area (Å²) in [5.74, 6) is -2.84. The van der Waals surface area contributed by atoms with Crippen LogP contribution in [0.1, 0.15) is 6.92 Å². The highest BCUT2D eigenvalue weighted by atomic mass is 19.3. The first-order valence-corrected chi connectivity index (χ1v) is 5.87. The van der Waals surface area contributed by atoms with Crippen LogP contribution in [0, 0.1) is 0 Å². The number of morpholine rings is 1. The minimum absolute atomic E-state index is 0.115. The Labute approximate surface area is 101 Å². The van der Waals surface area contributed by atoms with E-state index in [1.54, 1.807) is 7.05 Å². The third-order valence-corrected chi connectivity index (χ3v) is 2.78. The van der Waals surface area contributed by atoms with Gasteiger partial charge in [-0.15, -0.1) is 0 Å². The van der Waals surface area contributed by atoms with E-state index < -0.39 is 12.0 Å². The molecule has 17 heavy (non-hydrogen) atoms. The van der Waals surface area contributed by atoms with Crippen LogP contribution in [0.3, 0.4) is 0 Å². The van der Waals surface area contributed by atoms with E-state index in [0.29, 0.717) is 6.61 Å². The standard InChI is InChI=1S/C11H22F2N2O2/c1-11(12,13)10(6-14-2)17-8-9-7-15(3)4-5-16-9/h9-10,14H,4-8H2,1-3H3. The lowest BCUT2D eigenvalue weighted by atomic mass is 10.2. The zero-order valence-electron chi connectivity index (χ0n) is 10.7. The third-order valence-electron chi connectivity index (χ3n) is 2.78. The maximum Gasteiger partial charge on any atom is 0.272 e. The molecule has 1 saturated heterocycles. The van der Waals surface area contributed by atoms with Gasteiger partial charge >= 0.3 is 0 Å². The van der Waals surface area contributed by atoms with Crippen molar-refractivity contribution in [2.75, 3.05) is 46.9 Å². The van der Waals surface area contributed by atoms with E-state index in [9.17, 15) is 8.78 Å². The lowest BCUT2D eigenvalue weighted by molar-refractivity contribution is -0.150. The van der Waals surface area contributed by atoms with Crippen molar-refractivity contribution in [2.24, 2.45) is 0 Å². The van der Waals surface area contributed by atoms with Crippen LogP contribution in [-0.2, 0) is 9.47 Å². The van der Waals surface area contributed by atoms with Gasteiger partial charge in [-0.25, -0.2) is 8.78 Å². The van der Waals surface area contributed by atoms with Crippen LogP contribution in [0.15, 0.2) is 0 Å². The lowest BCUT2D eigenvalue weighted by Gasteiger charge is -2.32. The summed E-state index contributed by atoms with van der Waals surface area (Å²) in [6.07, 6.45) is -1.22. The summed E-state index contributed by atoms with van der Waals surface area (Å²) < 4.78 is 37.1. The first-order chi connectivity index (χ1) is 7.93. The second kappa shape index (κ2) is 6.58. The second-order valence-corrected chi connectivity index (χ2v) is 4.59. The Morgan fingerprint density at radius 3 is 2.82 bits per heavy atom. The number of alkyl halides is 2. The molecule has 6 heteroatoms. The molecule has 0 bridgehead atoms. The summed E-state index contributed by atoms with van der Waals surface area (Å²) >= 11 is 0. The van der Waals surface area contributed by atoms with Crippen molar-refractivity contribution in [3.05, 3.63) is 0 Å². The number of rotatable bonds is 6. The summed E-state index contributed by atoms with van der Waals surface area (Å²) in [5, 5.41) is 2.71. The normalized spacial score (nSPS) is 24.9. The Morgan fingerprint density at radius 2 is 2.29 bits per heavy atom. The Hall–Kier alpha value is -0.300. The average molecular weight is 252 g/mol. The van der Waals surface area contributed by atoms with Crippen molar-refractivity contribution in [3.63, 3.8) is 0 Å². The van der Waals surface area contributed by atoms with Crippen LogP contribution in [0.2, 0.25) is 0 Å². The number of nitrogens with zero attached hydrogens (tertiary/aromatic N) is 1. The molecule has 0 aromatic carbocycles. The van der Waals surface area contributed by atoms with Crippen LogP contribution < -0.4 is 5.32 Å². The third kappa shape index (κ3) is 5.25. The average Bonchev–Trinajstić information content (AvgIpc) is 2.22. The summed E-state index contributed by atoms with van der Waals surface area (Å²) in [6, 6.07) is 0. The Morgan fingerprint density at radius 1 is 1.59 bits per heavy atom. The van der Waals surface area contributed by atoms with E-state index in [0.717, 1.165) is 20.0 Å². The number of halogens is 2. The molecule has 1 rings (SSSR count). The van der Waals surface area contributed by atoms with Crippen LogP contribution in [-0.4, -0.2) is 70.0 Å². The second-order valence-electron chi connectivity index (χ2n) is 4.59. The van der Waals surface area contributed by atoms with E-state index >= 15 is 0 Å². The summed E-state index contributed by atoms with van der Waals surface area (Å²) in [4.78, 5) is 2.11. The van der Waals surface area contributed by atoms with Crippen molar-refractivity contribution < 1.29 is 18.3 Å². The zero-order valence-corrected chi connectivity index (χ0v) is 10.7. The Kier molecular flexibility index (Phi) is 5.72. The molecule has 0 amide bonds. The molecule has 1 fully saturated rings. The minimum atomic E-state index is -2.84. The maximum atomic E-state index is 13.2. The van der Waals surface area contributed by atoms with E-state index in [4.69, 9.17) is 9.47 Å². The number of ether oxygens (including phenoxy) is 2. The van der Waals surface area contributed by atoms with Crippen LogP contribution in [0.4, 0.5) is 8.78 Å². The van der Waals surface area contributed by atoms with E-state index in [2.05, 4.69) is 10.2 Å². The lowest BCUT2D eigenvalue weighted by Crippen LogP contribution is -2.46. The first-order valence-electron chi connectivity index (χ1n) is 5.87. The molecule has 0 aromatic heterocycles. The molecule has 0 aromatic rings. The molecule has 102 valence electrons. The summed E-state index contributed by atoms with van der Waals surface area (Å²) in [7, 11) is 3.61. The molecule has 4 nitrogen and oxygen atoms in total. The summed E-state index contributed by atoms with van der Waals surface area (Å²) in [5.41, 5.74) is 0. The molecular weight excluding hydrogens is 230 g/mol. The molecule has 0 aliphatic carbocycles. The smallest absolute Gasteiger partial charge is 0.272 e. The van der Waals surface area contributed by atoms with Gasteiger partial charge in [0.05, 0.1) is 19.3 Å². The predicted molar refractivity (Wildman–Crippen MR) is 61.5 cm³/mol. The van der Waals surface area contributed by atoms with Gasteiger partial charge in [0, 0.05) is 26.6 Å². The van der Waals surface area contributed by atoms with Gasteiger partial charge in [0.25, 0.3) is 5.92 Å². The van der Waals surface area contributed by atoms with E-state index in [1.165, 1.54) is 0 Å². The van der Waals surface area contributed by atoms with Crippen LogP contribution in [0.5, 0.6) is 0 Å². The fourth-order valence-electron chi connectivity index (χ4n) is 1.76. The van der Waals surface area contributed by atoms with Gasteiger partial charge in [0.2, 0.25) is 0 Å². The summed E-state index contributed by atoms with van der Waals surface area (Å²) in [6.45, 7) is 3.45. The quantitative estimate of drug-likeness (QED) is 0.749. The van der Waals surface area contributed by atoms with Crippen molar-refractivity contribution in [1.82, 2.24) is 10.2 Å². The highest BCUT2D eigenvalue weighted by molar-refractivity contribution is 4.76. The number of nitrogens with one attached hydrogen (secondary N) is 1. The van der Waals surface area contributed by atoms with Gasteiger partial charge in [0.15, 0.2) is 0 Å². The fourth-order valence-corrected chi connectivity index (χ4v) is 1.76. The van der Waals surface area contributed by atoms with Crippen molar-refractivity contribution >= 4 is 0 Å². The molecule has 0 radical (unpaired) electrons. The van der Waals surface area contributed by atoms with Crippen molar-refractivity contribution in [1.29, 1.82) is 0 Å². The molecule has 2 atom stereocenters. The topological polar surface area (TPSA) is 33.7 Å². The monoisotopic (exact) mass is 252 g/mol. The van der Waals surface area contributed by atoms with Gasteiger partial charge in [-0.2, -0.15) is 0 Å². The van der Waals surface area contributed by atoms with Gasteiger partial charge in [-0.1, -0.05) is 0 Å². The van der Waals surface area contributed by atoms with E-state index in [1.807, 2.05) is 7.05 Å². The highest BCUT2D eigenvalue weighted by Crippen LogP contribution is 2.20. The van der Waals surface area contributed by atoms with Gasteiger partial charge < -0.3 is 19.7 Å². The molecule has 0 saturated carbocycles. The molecular formula is C11H22F2N2O2. The van der Waals surface area contributed by atoms with Gasteiger partial charge in [-0.3, -0.25) is 0 Å². The molecule has 2 unspecified atom stereocenters. The molecule has 1 aliphatic heterocycles. The molecule has 1 aliphatic rings. The molecule has 1 heterocycles. The fraction of sp³-hybridized carbons (Fsp3) is 1.00. The minimum Gasteiger partial charge on any atom is -0.373 e. The number of hydrogen-bond donors (Lipinski definition) is 1. The predicted octanol–water partition coefficient (Wildman–Crippen LogP) is 0.577.